The molecule has 18 heavy (non-hydrogen) atoms. The number of rotatable bonds is 4. The van der Waals surface area contributed by atoms with Gasteiger partial charge in [-0.2, -0.15) is 0 Å². The number of halogens is 1. The Kier molecular flexibility index (Phi) is 4.07. The van der Waals surface area contributed by atoms with Crippen LogP contribution < -0.4 is 9.64 Å². The minimum absolute atomic E-state index is 0.421. The molecule has 0 saturated carbocycles. The maximum atomic E-state index is 5.28. The van der Waals surface area contributed by atoms with Crippen LogP contribution in [0.5, 0.6) is 5.75 Å². The van der Waals surface area contributed by atoms with Gasteiger partial charge in [0.1, 0.15) is 11.6 Å². The fourth-order valence-corrected chi connectivity index (χ4v) is 2.46. The average Bonchev–Trinajstić information content (AvgIpc) is 2.36. The van der Waals surface area contributed by atoms with Gasteiger partial charge >= 0.3 is 0 Å². The number of aromatic nitrogens is 1. The maximum absolute atomic E-state index is 5.28. The molecule has 0 saturated heterocycles. The molecule has 1 unspecified atom stereocenters. The molecule has 0 fully saturated rings. The Morgan fingerprint density at radius 3 is 2.83 bits per heavy atom. The summed E-state index contributed by atoms with van der Waals surface area (Å²) in [5, 5.41) is 2.29. The lowest BCUT2D eigenvalue weighted by molar-refractivity contribution is 0.415. The van der Waals surface area contributed by atoms with Gasteiger partial charge in [-0.1, -0.05) is 28.9 Å². The van der Waals surface area contributed by atoms with Gasteiger partial charge in [0.2, 0.25) is 0 Å². The van der Waals surface area contributed by atoms with E-state index in [-0.39, 0.29) is 0 Å². The van der Waals surface area contributed by atoms with Crippen molar-refractivity contribution in [3.05, 3.63) is 30.5 Å². The third kappa shape index (κ3) is 2.75. The first-order valence-corrected chi connectivity index (χ1v) is 6.81. The number of benzene rings is 1. The van der Waals surface area contributed by atoms with Crippen LogP contribution in [0.4, 0.5) is 5.82 Å². The van der Waals surface area contributed by atoms with Crippen molar-refractivity contribution in [3.8, 4) is 5.75 Å². The molecule has 2 aromatic rings. The fourth-order valence-electron chi connectivity index (χ4n) is 2.03. The van der Waals surface area contributed by atoms with Crippen molar-refractivity contribution >= 4 is 32.5 Å². The number of fused-ring (bicyclic) bond motifs is 1. The lowest BCUT2D eigenvalue weighted by atomic mass is 10.1. The van der Waals surface area contributed by atoms with Gasteiger partial charge in [-0.3, -0.25) is 0 Å². The summed E-state index contributed by atoms with van der Waals surface area (Å²) in [4.78, 5) is 7.06. The highest BCUT2D eigenvalue weighted by Gasteiger charge is 2.10. The number of anilines is 1. The minimum atomic E-state index is 0.421. The predicted octanol–water partition coefficient (Wildman–Crippen LogP) is 3.46. The number of pyridine rings is 1. The molecule has 0 amide bonds. The number of hydrogen-bond acceptors (Lipinski definition) is 3. The monoisotopic (exact) mass is 308 g/mol. The first kappa shape index (κ1) is 13.1. The molecule has 1 atom stereocenters. The smallest absolute Gasteiger partial charge is 0.136 e. The van der Waals surface area contributed by atoms with Crippen molar-refractivity contribution in [2.75, 3.05) is 25.6 Å². The van der Waals surface area contributed by atoms with Crippen molar-refractivity contribution in [1.29, 1.82) is 0 Å². The summed E-state index contributed by atoms with van der Waals surface area (Å²) in [7, 11) is 3.74. The second kappa shape index (κ2) is 5.57. The van der Waals surface area contributed by atoms with Crippen molar-refractivity contribution in [2.24, 2.45) is 0 Å². The van der Waals surface area contributed by atoms with E-state index in [1.165, 1.54) is 5.39 Å². The Hall–Kier alpha value is -1.29. The molecule has 0 aliphatic rings. The summed E-state index contributed by atoms with van der Waals surface area (Å²) in [6.07, 6.45) is 1.85. The van der Waals surface area contributed by atoms with Crippen molar-refractivity contribution in [1.82, 2.24) is 4.98 Å². The molecule has 3 nitrogen and oxygen atoms in total. The fraction of sp³-hybridized carbons (Fsp3) is 0.357. The third-order valence-electron chi connectivity index (χ3n) is 2.84. The number of methoxy groups -OCH3 is 1. The lowest BCUT2D eigenvalue weighted by Gasteiger charge is -2.21. The van der Waals surface area contributed by atoms with Gasteiger partial charge in [0.15, 0.2) is 0 Å². The van der Waals surface area contributed by atoms with Crippen LogP contribution in [0.2, 0.25) is 0 Å². The van der Waals surface area contributed by atoms with E-state index in [9.17, 15) is 0 Å². The average molecular weight is 309 g/mol. The molecule has 0 aliphatic heterocycles. The zero-order valence-corrected chi connectivity index (χ0v) is 12.4. The molecule has 2 rings (SSSR count). The van der Waals surface area contributed by atoms with E-state index in [0.717, 1.165) is 23.5 Å². The molecular formula is C14H17BrN2O. The minimum Gasteiger partial charge on any atom is -0.497 e. The zero-order valence-electron chi connectivity index (χ0n) is 10.9. The van der Waals surface area contributed by atoms with Crippen LogP contribution in [0, 0.1) is 0 Å². The number of alkyl halides is 1. The van der Waals surface area contributed by atoms with E-state index in [2.05, 4.69) is 45.9 Å². The molecule has 1 aromatic heterocycles. The Morgan fingerprint density at radius 2 is 2.17 bits per heavy atom. The first-order valence-electron chi connectivity index (χ1n) is 5.90. The second-order valence-electron chi connectivity index (χ2n) is 4.38. The van der Waals surface area contributed by atoms with Crippen molar-refractivity contribution in [3.63, 3.8) is 0 Å². The first-order chi connectivity index (χ1) is 8.61. The van der Waals surface area contributed by atoms with E-state index in [4.69, 9.17) is 4.74 Å². The Morgan fingerprint density at radius 1 is 1.39 bits per heavy atom. The summed E-state index contributed by atoms with van der Waals surface area (Å²) in [6, 6.07) is 8.08. The summed E-state index contributed by atoms with van der Waals surface area (Å²) < 4.78 is 5.28. The van der Waals surface area contributed by atoms with Gasteiger partial charge in [0, 0.05) is 30.0 Å². The molecule has 0 N–H and O–H groups in total. The van der Waals surface area contributed by atoms with Gasteiger partial charge in [-0.05, 0) is 23.6 Å². The summed E-state index contributed by atoms with van der Waals surface area (Å²) in [6.45, 7) is 3.03. The van der Waals surface area contributed by atoms with Gasteiger partial charge in [-0.25, -0.2) is 4.98 Å². The quantitative estimate of drug-likeness (QED) is 0.809. The van der Waals surface area contributed by atoms with Gasteiger partial charge in [0.05, 0.1) is 7.11 Å². The van der Waals surface area contributed by atoms with Gasteiger partial charge in [0.25, 0.3) is 0 Å². The van der Waals surface area contributed by atoms with Crippen LogP contribution in [0.3, 0.4) is 0 Å². The Balaban J connectivity index is 2.48. The zero-order chi connectivity index (χ0) is 13.1. The van der Waals surface area contributed by atoms with Crippen molar-refractivity contribution in [2.45, 2.75) is 11.8 Å². The van der Waals surface area contributed by atoms with E-state index in [1.807, 2.05) is 24.4 Å². The highest BCUT2D eigenvalue weighted by atomic mass is 79.9. The van der Waals surface area contributed by atoms with Crippen LogP contribution in [0.1, 0.15) is 6.92 Å². The van der Waals surface area contributed by atoms with Gasteiger partial charge in [-0.15, -0.1) is 0 Å². The van der Waals surface area contributed by atoms with Gasteiger partial charge < -0.3 is 9.64 Å². The lowest BCUT2D eigenvalue weighted by Crippen LogP contribution is -2.24. The van der Waals surface area contributed by atoms with Crippen LogP contribution in [0.15, 0.2) is 30.5 Å². The van der Waals surface area contributed by atoms with E-state index >= 15 is 0 Å². The van der Waals surface area contributed by atoms with Crippen LogP contribution >= 0.6 is 15.9 Å². The highest BCUT2D eigenvalue weighted by molar-refractivity contribution is 9.09. The molecule has 0 radical (unpaired) electrons. The topological polar surface area (TPSA) is 25.4 Å². The molecule has 1 heterocycles. The Bertz CT molecular complexity index is 542. The van der Waals surface area contributed by atoms with Crippen LogP contribution in [-0.4, -0.2) is 30.5 Å². The number of nitrogens with zero attached hydrogens (tertiary/aromatic N) is 2. The SMILES string of the molecule is COc1ccc2ccnc(N(C)CC(C)Br)c2c1. The largest absolute Gasteiger partial charge is 0.497 e. The van der Waals surface area contributed by atoms with Crippen LogP contribution in [0.25, 0.3) is 10.8 Å². The molecule has 4 heteroatoms. The number of ether oxygens (including phenoxy) is 1. The predicted molar refractivity (Wildman–Crippen MR) is 80.0 cm³/mol. The summed E-state index contributed by atoms with van der Waals surface area (Å²) in [5.41, 5.74) is 0. The second-order valence-corrected chi connectivity index (χ2v) is 5.95. The maximum Gasteiger partial charge on any atom is 0.136 e. The summed E-state index contributed by atoms with van der Waals surface area (Å²) >= 11 is 3.57. The van der Waals surface area contributed by atoms with Crippen molar-refractivity contribution < 1.29 is 4.74 Å². The molecule has 0 bridgehead atoms. The molecule has 96 valence electrons. The molecular weight excluding hydrogens is 292 g/mol. The van der Waals surface area contributed by atoms with Crippen LogP contribution in [-0.2, 0) is 0 Å². The standard InChI is InChI=1S/C14H17BrN2O/c1-10(15)9-17(2)14-13-8-12(18-3)5-4-11(13)6-7-16-14/h4-8,10H,9H2,1-3H3. The Labute approximate surface area is 116 Å². The summed E-state index contributed by atoms with van der Waals surface area (Å²) in [5.74, 6) is 1.84. The van der Waals surface area contributed by atoms with E-state index < -0.39 is 0 Å². The van der Waals surface area contributed by atoms with E-state index in [0.29, 0.717) is 4.83 Å². The third-order valence-corrected chi connectivity index (χ3v) is 3.13. The number of hydrogen-bond donors (Lipinski definition) is 0. The van der Waals surface area contributed by atoms with E-state index in [1.54, 1.807) is 7.11 Å². The molecule has 0 aliphatic carbocycles. The highest BCUT2D eigenvalue weighted by Crippen LogP contribution is 2.27. The normalized spacial score (nSPS) is 12.4. The molecule has 1 aromatic carbocycles. The molecule has 0 spiro atoms.